The van der Waals surface area contributed by atoms with Gasteiger partial charge in [0.25, 0.3) is 5.95 Å². The number of halogens is 1. The van der Waals surface area contributed by atoms with E-state index in [1.165, 1.54) is 27.8 Å². The molecule has 0 atom stereocenters. The Morgan fingerprint density at radius 1 is 1.22 bits per heavy atom. The van der Waals surface area contributed by atoms with Crippen LogP contribution < -0.4 is 0 Å². The summed E-state index contributed by atoms with van der Waals surface area (Å²) in [6.07, 6.45) is 5.11. The number of nitrogens with zero attached hydrogens (tertiary/aromatic N) is 6. The molecule has 0 radical (unpaired) electrons. The summed E-state index contributed by atoms with van der Waals surface area (Å²) < 4.78 is 2.38. The molecular weight excluding hydrogens is 292 g/mol. The van der Waals surface area contributed by atoms with Crippen molar-refractivity contribution >= 4 is 34.7 Å². The van der Waals surface area contributed by atoms with E-state index in [4.69, 9.17) is 11.6 Å². The molecule has 0 unspecified atom stereocenters. The summed E-state index contributed by atoms with van der Waals surface area (Å²) in [6, 6.07) is 1.78. The predicted molar refractivity (Wildman–Crippen MR) is 68.2 cm³/mol. The van der Waals surface area contributed by atoms with Crippen LogP contribution in [0.5, 0.6) is 0 Å². The monoisotopic (exact) mass is 296 g/mol. The van der Waals surface area contributed by atoms with Crippen LogP contribution in [-0.2, 0) is 0 Å². The molecule has 3 aromatic rings. The van der Waals surface area contributed by atoms with E-state index in [-0.39, 0.29) is 5.28 Å². The molecule has 3 rings (SSSR count). The fourth-order valence-corrected chi connectivity index (χ4v) is 2.87. The van der Waals surface area contributed by atoms with Crippen molar-refractivity contribution in [2.24, 2.45) is 0 Å². The van der Waals surface area contributed by atoms with Crippen LogP contribution in [0.4, 0.5) is 0 Å². The van der Waals surface area contributed by atoms with Crippen LogP contribution in [0, 0.1) is 0 Å². The molecule has 0 aromatic carbocycles. The molecule has 0 fully saturated rings. The highest BCUT2D eigenvalue weighted by Gasteiger charge is 2.09. The quantitative estimate of drug-likeness (QED) is 0.739. The maximum absolute atomic E-state index is 5.87. The van der Waals surface area contributed by atoms with Crippen molar-refractivity contribution < 1.29 is 0 Å². The van der Waals surface area contributed by atoms with Crippen molar-refractivity contribution in [2.75, 3.05) is 0 Å². The van der Waals surface area contributed by atoms with Gasteiger partial charge in [-0.25, -0.2) is 9.67 Å². The van der Waals surface area contributed by atoms with Crippen LogP contribution in [0.1, 0.15) is 0 Å². The molecule has 0 N–H and O–H groups in total. The van der Waals surface area contributed by atoms with E-state index in [9.17, 15) is 0 Å². The van der Waals surface area contributed by atoms with Gasteiger partial charge in [0.15, 0.2) is 4.34 Å². The van der Waals surface area contributed by atoms with Crippen molar-refractivity contribution in [3.63, 3.8) is 0 Å². The first-order valence-electron chi connectivity index (χ1n) is 4.80. The van der Waals surface area contributed by atoms with Gasteiger partial charge in [-0.05, 0) is 29.4 Å². The second-order valence-electron chi connectivity index (χ2n) is 3.04. The van der Waals surface area contributed by atoms with Crippen LogP contribution in [0.25, 0.3) is 5.95 Å². The van der Waals surface area contributed by atoms with Gasteiger partial charge >= 0.3 is 0 Å². The summed E-state index contributed by atoms with van der Waals surface area (Å²) in [5, 5.41) is 6.57. The molecule has 0 aliphatic carbocycles. The van der Waals surface area contributed by atoms with Crippen molar-refractivity contribution in [3.05, 3.63) is 35.3 Å². The van der Waals surface area contributed by atoms with Crippen LogP contribution in [0.2, 0.25) is 5.28 Å². The van der Waals surface area contributed by atoms with E-state index in [0.29, 0.717) is 11.1 Å². The summed E-state index contributed by atoms with van der Waals surface area (Å²) in [6.45, 7) is 0. The molecule has 0 aliphatic heterocycles. The summed E-state index contributed by atoms with van der Waals surface area (Å²) in [5.74, 6) is 0.388. The maximum atomic E-state index is 5.87. The molecule has 0 spiro atoms. The fourth-order valence-electron chi connectivity index (χ4n) is 1.20. The average molecular weight is 297 g/mol. The van der Waals surface area contributed by atoms with E-state index >= 15 is 0 Å². The predicted octanol–water partition coefficient (Wildman–Crippen LogP) is 2.32. The van der Waals surface area contributed by atoms with Crippen molar-refractivity contribution in [1.29, 1.82) is 0 Å². The number of hydrogen-bond acceptors (Lipinski definition) is 7. The van der Waals surface area contributed by atoms with Gasteiger partial charge in [-0.1, -0.05) is 0 Å². The zero-order valence-corrected chi connectivity index (χ0v) is 11.2. The zero-order chi connectivity index (χ0) is 12.4. The highest BCUT2D eigenvalue weighted by molar-refractivity contribution is 8.00. The van der Waals surface area contributed by atoms with Crippen molar-refractivity contribution in [3.8, 4) is 5.95 Å². The second kappa shape index (κ2) is 5.01. The van der Waals surface area contributed by atoms with E-state index in [1.807, 2.05) is 5.38 Å². The molecule has 0 aliphatic rings. The van der Waals surface area contributed by atoms with E-state index in [2.05, 4.69) is 25.0 Å². The molecule has 3 aromatic heterocycles. The third-order valence-electron chi connectivity index (χ3n) is 1.87. The minimum absolute atomic E-state index is 0.134. The van der Waals surface area contributed by atoms with E-state index in [0.717, 1.165) is 4.34 Å². The number of aromatic nitrogens is 6. The highest BCUT2D eigenvalue weighted by Crippen LogP contribution is 2.27. The lowest BCUT2D eigenvalue weighted by Gasteiger charge is -2.01. The molecule has 6 nitrogen and oxygen atoms in total. The smallest absolute Gasteiger partial charge is 0.238 e. The topological polar surface area (TPSA) is 69.4 Å². The molecule has 0 saturated carbocycles. The zero-order valence-electron chi connectivity index (χ0n) is 8.76. The number of hydrogen-bond donors (Lipinski definition) is 0. The fraction of sp³-hybridized carbons (Fsp3) is 0. The molecule has 0 amide bonds. The van der Waals surface area contributed by atoms with E-state index in [1.54, 1.807) is 24.7 Å². The lowest BCUT2D eigenvalue weighted by Crippen LogP contribution is -2.04. The summed E-state index contributed by atoms with van der Waals surface area (Å²) in [4.78, 5) is 16.5. The van der Waals surface area contributed by atoms with Crippen LogP contribution >= 0.6 is 34.7 Å². The Hall–Kier alpha value is -1.51. The van der Waals surface area contributed by atoms with Gasteiger partial charge in [-0.2, -0.15) is 20.1 Å². The first-order chi connectivity index (χ1) is 8.81. The van der Waals surface area contributed by atoms with Crippen LogP contribution in [-0.4, -0.2) is 29.7 Å². The Balaban J connectivity index is 1.96. The first-order valence-corrected chi connectivity index (χ1v) is 6.87. The standard InChI is InChI=1S/C9H5ClN6S2/c10-6-13-7(16-4-1-2-12-16)15-8(14-6)18-9-11-3-5-17-9/h1-5H. The second-order valence-corrected chi connectivity index (χ2v) is 5.48. The minimum Gasteiger partial charge on any atom is -0.238 e. The Labute approximate surface area is 115 Å². The average Bonchev–Trinajstić information content (AvgIpc) is 3.00. The largest absolute Gasteiger partial charge is 0.255 e. The third kappa shape index (κ3) is 2.50. The molecule has 3 heterocycles. The van der Waals surface area contributed by atoms with E-state index < -0.39 is 0 Å². The van der Waals surface area contributed by atoms with Gasteiger partial charge in [0.2, 0.25) is 10.4 Å². The molecule has 0 bridgehead atoms. The molecular formula is C9H5ClN6S2. The Morgan fingerprint density at radius 2 is 2.17 bits per heavy atom. The third-order valence-corrected chi connectivity index (χ3v) is 3.79. The number of thiazole rings is 1. The first kappa shape index (κ1) is 11.6. The summed E-state index contributed by atoms with van der Waals surface area (Å²) >= 11 is 8.73. The van der Waals surface area contributed by atoms with Gasteiger partial charge in [0.05, 0.1) is 0 Å². The summed E-state index contributed by atoms with van der Waals surface area (Å²) in [7, 11) is 0. The Kier molecular flexibility index (Phi) is 3.22. The van der Waals surface area contributed by atoms with Gasteiger partial charge < -0.3 is 0 Å². The minimum atomic E-state index is 0.134. The molecule has 90 valence electrons. The van der Waals surface area contributed by atoms with Gasteiger partial charge in [0.1, 0.15) is 0 Å². The van der Waals surface area contributed by atoms with Crippen LogP contribution in [0.3, 0.4) is 0 Å². The lowest BCUT2D eigenvalue weighted by atomic mass is 10.7. The van der Waals surface area contributed by atoms with Crippen molar-refractivity contribution in [2.45, 2.75) is 9.50 Å². The number of rotatable bonds is 3. The van der Waals surface area contributed by atoms with Gasteiger partial charge in [-0.15, -0.1) is 11.3 Å². The molecule has 9 heteroatoms. The van der Waals surface area contributed by atoms with Gasteiger partial charge in [-0.3, -0.25) is 0 Å². The molecule has 18 heavy (non-hydrogen) atoms. The molecule has 0 saturated heterocycles. The highest BCUT2D eigenvalue weighted by atomic mass is 35.5. The van der Waals surface area contributed by atoms with Gasteiger partial charge in [0, 0.05) is 24.0 Å². The SMILES string of the molecule is Clc1nc(Sc2nccs2)nc(-n2cccn2)n1. The van der Waals surface area contributed by atoms with Crippen LogP contribution in [0.15, 0.2) is 39.5 Å². The Bertz CT molecular complexity index is 639. The van der Waals surface area contributed by atoms with Crippen molar-refractivity contribution in [1.82, 2.24) is 29.7 Å². The Morgan fingerprint density at radius 3 is 2.89 bits per heavy atom. The maximum Gasteiger partial charge on any atom is 0.255 e. The summed E-state index contributed by atoms with van der Waals surface area (Å²) in [5.41, 5.74) is 0. The normalized spacial score (nSPS) is 10.7. The lowest BCUT2D eigenvalue weighted by molar-refractivity contribution is 0.758.